The van der Waals surface area contributed by atoms with Crippen LogP contribution in [-0.2, 0) is 12.8 Å². The molecule has 2 rings (SSSR count). The van der Waals surface area contributed by atoms with E-state index in [4.69, 9.17) is 16.0 Å². The summed E-state index contributed by atoms with van der Waals surface area (Å²) in [5.74, 6) is 0.877. The van der Waals surface area contributed by atoms with E-state index in [-0.39, 0.29) is 12.2 Å². The van der Waals surface area contributed by atoms with Crippen molar-refractivity contribution in [1.82, 2.24) is 0 Å². The molecule has 0 bridgehead atoms. The van der Waals surface area contributed by atoms with E-state index in [1.54, 1.807) is 6.07 Å². The second-order valence-electron chi connectivity index (χ2n) is 4.11. The highest BCUT2D eigenvalue weighted by Crippen LogP contribution is 2.24. The molecule has 0 aliphatic heterocycles. The number of hydrogen-bond donors (Lipinski definition) is 1. The molecule has 4 heteroatoms. The maximum absolute atomic E-state index is 13.5. The lowest BCUT2D eigenvalue weighted by Crippen LogP contribution is -2.02. The van der Waals surface area contributed by atoms with Gasteiger partial charge in [0.2, 0.25) is 0 Å². The number of aryl methyl sites for hydroxylation is 1. The molecular formula is C14H14ClFO2. The van der Waals surface area contributed by atoms with Crippen LogP contribution in [-0.4, -0.2) is 5.11 Å². The van der Waals surface area contributed by atoms with Gasteiger partial charge in [-0.2, -0.15) is 0 Å². The Kier molecular flexibility index (Phi) is 4.04. The lowest BCUT2D eigenvalue weighted by atomic mass is 10.1. The minimum atomic E-state index is -0.863. The third kappa shape index (κ3) is 2.92. The standard InChI is InChI=1S/C14H14ClFO2/c1-2-11-4-6-14(18-11)13(17)8-9-7-10(15)3-5-12(9)16/h3-7,13,17H,2,8H2,1H3. The largest absolute Gasteiger partial charge is 0.463 e. The van der Waals surface area contributed by atoms with Crippen molar-refractivity contribution in [1.29, 1.82) is 0 Å². The van der Waals surface area contributed by atoms with Gasteiger partial charge in [-0.05, 0) is 35.9 Å². The number of rotatable bonds is 4. The van der Waals surface area contributed by atoms with Crippen molar-refractivity contribution in [3.8, 4) is 0 Å². The van der Waals surface area contributed by atoms with Crippen molar-refractivity contribution in [3.05, 3.63) is 58.3 Å². The first-order chi connectivity index (χ1) is 8.60. The van der Waals surface area contributed by atoms with Gasteiger partial charge in [-0.3, -0.25) is 0 Å². The molecule has 1 unspecified atom stereocenters. The van der Waals surface area contributed by atoms with Crippen molar-refractivity contribution in [3.63, 3.8) is 0 Å². The molecule has 1 atom stereocenters. The molecule has 18 heavy (non-hydrogen) atoms. The molecule has 0 amide bonds. The molecule has 0 saturated heterocycles. The van der Waals surface area contributed by atoms with Gasteiger partial charge in [-0.1, -0.05) is 18.5 Å². The summed E-state index contributed by atoms with van der Waals surface area (Å²) in [7, 11) is 0. The zero-order valence-electron chi connectivity index (χ0n) is 9.99. The zero-order chi connectivity index (χ0) is 13.1. The van der Waals surface area contributed by atoms with Crippen LogP contribution in [0.5, 0.6) is 0 Å². The second kappa shape index (κ2) is 5.55. The predicted octanol–water partition coefficient (Wildman–Crippen LogP) is 3.91. The van der Waals surface area contributed by atoms with Gasteiger partial charge < -0.3 is 9.52 Å². The Hall–Kier alpha value is -1.32. The Bertz CT molecular complexity index is 536. The van der Waals surface area contributed by atoms with Crippen LogP contribution in [0.1, 0.15) is 30.1 Å². The quantitative estimate of drug-likeness (QED) is 0.912. The highest BCUT2D eigenvalue weighted by molar-refractivity contribution is 6.30. The SMILES string of the molecule is CCc1ccc(C(O)Cc2cc(Cl)ccc2F)o1. The average Bonchev–Trinajstić information content (AvgIpc) is 2.82. The van der Waals surface area contributed by atoms with Gasteiger partial charge in [0.25, 0.3) is 0 Å². The molecule has 0 fully saturated rings. The van der Waals surface area contributed by atoms with E-state index in [2.05, 4.69) is 0 Å². The summed E-state index contributed by atoms with van der Waals surface area (Å²) in [6.45, 7) is 1.96. The molecule has 1 heterocycles. The van der Waals surface area contributed by atoms with Crippen LogP contribution >= 0.6 is 11.6 Å². The first-order valence-electron chi connectivity index (χ1n) is 5.80. The van der Waals surface area contributed by atoms with Crippen molar-refractivity contribution in [2.24, 2.45) is 0 Å². The number of hydrogen-bond acceptors (Lipinski definition) is 2. The topological polar surface area (TPSA) is 33.4 Å². The molecule has 0 spiro atoms. The second-order valence-corrected chi connectivity index (χ2v) is 4.55. The van der Waals surface area contributed by atoms with Crippen LogP contribution in [0.4, 0.5) is 4.39 Å². The maximum atomic E-state index is 13.5. The van der Waals surface area contributed by atoms with Gasteiger partial charge in [0, 0.05) is 17.9 Å². The van der Waals surface area contributed by atoms with E-state index >= 15 is 0 Å². The van der Waals surface area contributed by atoms with Crippen LogP contribution in [0.25, 0.3) is 0 Å². The number of aliphatic hydroxyl groups excluding tert-OH is 1. The molecule has 2 aromatic rings. The third-order valence-corrected chi connectivity index (χ3v) is 3.02. The predicted molar refractivity (Wildman–Crippen MR) is 68.2 cm³/mol. The van der Waals surface area contributed by atoms with Crippen molar-refractivity contribution in [2.45, 2.75) is 25.9 Å². The Morgan fingerprint density at radius 2 is 2.11 bits per heavy atom. The Morgan fingerprint density at radius 1 is 1.33 bits per heavy atom. The molecule has 1 aromatic carbocycles. The fraction of sp³-hybridized carbons (Fsp3) is 0.286. The summed E-state index contributed by atoms with van der Waals surface area (Å²) < 4.78 is 18.9. The summed E-state index contributed by atoms with van der Waals surface area (Å²) in [6.07, 6.45) is 0.0414. The van der Waals surface area contributed by atoms with Gasteiger partial charge >= 0.3 is 0 Å². The van der Waals surface area contributed by atoms with Gasteiger partial charge in [0.05, 0.1) is 0 Å². The van der Waals surface area contributed by atoms with Gasteiger partial charge in [0.15, 0.2) is 0 Å². The summed E-state index contributed by atoms with van der Waals surface area (Å²) in [5.41, 5.74) is 0.379. The van der Waals surface area contributed by atoms with Crippen LogP contribution < -0.4 is 0 Å². The van der Waals surface area contributed by atoms with Gasteiger partial charge in [-0.15, -0.1) is 0 Å². The number of furan rings is 1. The Balaban J connectivity index is 2.15. The highest BCUT2D eigenvalue weighted by Gasteiger charge is 2.15. The molecule has 0 saturated carbocycles. The minimum absolute atomic E-state index is 0.142. The summed E-state index contributed by atoms with van der Waals surface area (Å²) >= 11 is 5.80. The number of aliphatic hydroxyl groups is 1. The summed E-state index contributed by atoms with van der Waals surface area (Å²) in [5, 5.41) is 10.4. The van der Waals surface area contributed by atoms with Gasteiger partial charge in [-0.25, -0.2) is 4.39 Å². The van der Waals surface area contributed by atoms with E-state index < -0.39 is 6.10 Å². The van der Waals surface area contributed by atoms with Crippen LogP contribution in [0.2, 0.25) is 5.02 Å². The minimum Gasteiger partial charge on any atom is -0.463 e. The summed E-state index contributed by atoms with van der Waals surface area (Å²) in [6, 6.07) is 7.82. The Labute approximate surface area is 110 Å². The zero-order valence-corrected chi connectivity index (χ0v) is 10.7. The van der Waals surface area contributed by atoms with Crippen molar-refractivity contribution < 1.29 is 13.9 Å². The summed E-state index contributed by atoms with van der Waals surface area (Å²) in [4.78, 5) is 0. The van der Waals surface area contributed by atoms with E-state index in [0.29, 0.717) is 16.3 Å². The first-order valence-corrected chi connectivity index (χ1v) is 6.18. The van der Waals surface area contributed by atoms with Crippen molar-refractivity contribution >= 4 is 11.6 Å². The Morgan fingerprint density at radius 3 is 2.78 bits per heavy atom. The van der Waals surface area contributed by atoms with Crippen LogP contribution in [0.15, 0.2) is 34.7 Å². The highest BCUT2D eigenvalue weighted by atomic mass is 35.5. The third-order valence-electron chi connectivity index (χ3n) is 2.78. The van der Waals surface area contributed by atoms with Crippen LogP contribution in [0, 0.1) is 5.82 Å². The van der Waals surface area contributed by atoms with E-state index in [9.17, 15) is 9.50 Å². The maximum Gasteiger partial charge on any atom is 0.133 e. The monoisotopic (exact) mass is 268 g/mol. The molecule has 0 aliphatic carbocycles. The lowest BCUT2D eigenvalue weighted by molar-refractivity contribution is 0.147. The molecular weight excluding hydrogens is 255 g/mol. The molecule has 0 radical (unpaired) electrons. The number of benzene rings is 1. The van der Waals surface area contributed by atoms with Crippen LogP contribution in [0.3, 0.4) is 0 Å². The molecule has 0 aliphatic rings. The van der Waals surface area contributed by atoms with E-state index in [1.807, 2.05) is 13.0 Å². The normalized spacial score (nSPS) is 12.7. The molecule has 1 N–H and O–H groups in total. The first kappa shape index (κ1) is 13.1. The fourth-order valence-electron chi connectivity index (χ4n) is 1.77. The van der Waals surface area contributed by atoms with E-state index in [0.717, 1.165) is 12.2 Å². The smallest absolute Gasteiger partial charge is 0.133 e. The van der Waals surface area contributed by atoms with E-state index in [1.165, 1.54) is 18.2 Å². The van der Waals surface area contributed by atoms with Crippen molar-refractivity contribution in [2.75, 3.05) is 0 Å². The molecule has 96 valence electrons. The lowest BCUT2D eigenvalue weighted by Gasteiger charge is -2.09. The van der Waals surface area contributed by atoms with Gasteiger partial charge in [0.1, 0.15) is 23.4 Å². The number of halogens is 2. The average molecular weight is 269 g/mol. The molecule has 1 aromatic heterocycles. The fourth-order valence-corrected chi connectivity index (χ4v) is 1.97. The molecule has 2 nitrogen and oxygen atoms in total.